The Morgan fingerprint density at radius 2 is 2.17 bits per heavy atom. The van der Waals surface area contributed by atoms with Gasteiger partial charge in [0.05, 0.1) is 6.20 Å². The number of hydrogen-bond acceptors (Lipinski definition) is 3. The van der Waals surface area contributed by atoms with Crippen LogP contribution in [0.4, 0.5) is 5.95 Å². The summed E-state index contributed by atoms with van der Waals surface area (Å²) < 4.78 is 1.79. The lowest BCUT2D eigenvalue weighted by molar-refractivity contribution is -0.730. The maximum absolute atomic E-state index is 4.29. The summed E-state index contributed by atoms with van der Waals surface area (Å²) in [5.74, 6) is 0.859. The number of anilines is 1. The van der Waals surface area contributed by atoms with Crippen LogP contribution in [0.2, 0.25) is 0 Å². The zero-order valence-corrected chi connectivity index (χ0v) is 7.27. The minimum atomic E-state index is 0.859. The van der Waals surface area contributed by atoms with Crippen molar-refractivity contribution in [1.29, 1.82) is 0 Å². The summed E-state index contributed by atoms with van der Waals surface area (Å²) in [7, 11) is 1.92. The second-order valence-electron chi connectivity index (χ2n) is 3.10. The molecule has 4 heteroatoms. The molecule has 0 radical (unpaired) electrons. The SMILES string of the molecule is C[n+]1ccnc(N2CCCC2)n1. The third-order valence-corrected chi connectivity index (χ3v) is 2.11. The lowest BCUT2D eigenvalue weighted by atomic mass is 10.4. The molecular weight excluding hydrogens is 152 g/mol. The van der Waals surface area contributed by atoms with Crippen molar-refractivity contribution < 1.29 is 4.68 Å². The summed E-state index contributed by atoms with van der Waals surface area (Å²) in [6, 6.07) is 0. The van der Waals surface area contributed by atoms with Crippen LogP contribution < -0.4 is 9.58 Å². The maximum atomic E-state index is 4.29. The molecular formula is C8H13N4+. The van der Waals surface area contributed by atoms with Crippen LogP contribution >= 0.6 is 0 Å². The first kappa shape index (κ1) is 7.46. The zero-order valence-electron chi connectivity index (χ0n) is 7.27. The van der Waals surface area contributed by atoms with Gasteiger partial charge in [-0.05, 0) is 12.8 Å². The average Bonchev–Trinajstić information content (AvgIpc) is 2.56. The van der Waals surface area contributed by atoms with E-state index in [1.165, 1.54) is 12.8 Å². The van der Waals surface area contributed by atoms with Crippen LogP contribution in [0, 0.1) is 0 Å². The molecule has 1 aromatic rings. The van der Waals surface area contributed by atoms with E-state index in [4.69, 9.17) is 0 Å². The summed E-state index contributed by atoms with van der Waals surface area (Å²) in [6.45, 7) is 2.20. The standard InChI is InChI=1S/C8H13N4/c1-11-7-4-9-8(10-11)12-5-2-3-6-12/h4,7H,2-3,5-6H2,1H3/q+1. The number of hydrogen-bond donors (Lipinski definition) is 0. The highest BCUT2D eigenvalue weighted by Gasteiger charge is 2.16. The van der Waals surface area contributed by atoms with Gasteiger partial charge in [-0.3, -0.25) is 0 Å². The molecule has 12 heavy (non-hydrogen) atoms. The molecule has 2 heterocycles. The molecule has 4 nitrogen and oxygen atoms in total. The lowest BCUT2D eigenvalue weighted by Gasteiger charge is -2.11. The molecule has 0 N–H and O–H groups in total. The van der Waals surface area contributed by atoms with Gasteiger partial charge in [-0.15, -0.1) is 0 Å². The Labute approximate surface area is 71.8 Å². The third kappa shape index (κ3) is 1.37. The minimum absolute atomic E-state index is 0.859. The van der Waals surface area contributed by atoms with Gasteiger partial charge in [0.2, 0.25) is 6.20 Å². The van der Waals surface area contributed by atoms with Crippen LogP contribution in [0.15, 0.2) is 12.4 Å². The monoisotopic (exact) mass is 165 g/mol. The zero-order chi connectivity index (χ0) is 8.39. The van der Waals surface area contributed by atoms with Gasteiger partial charge in [0.25, 0.3) is 5.95 Å². The van der Waals surface area contributed by atoms with E-state index in [1.807, 2.05) is 13.2 Å². The summed E-state index contributed by atoms with van der Waals surface area (Å²) in [6.07, 6.45) is 6.17. The molecule has 1 fully saturated rings. The van der Waals surface area contributed by atoms with Crippen molar-refractivity contribution in [1.82, 2.24) is 10.1 Å². The quantitative estimate of drug-likeness (QED) is 0.545. The highest BCUT2D eigenvalue weighted by molar-refractivity contribution is 5.27. The average molecular weight is 165 g/mol. The maximum Gasteiger partial charge on any atom is 0.291 e. The van der Waals surface area contributed by atoms with Gasteiger partial charge in [0, 0.05) is 18.2 Å². The fourth-order valence-electron chi connectivity index (χ4n) is 1.46. The van der Waals surface area contributed by atoms with Crippen molar-refractivity contribution in [3.8, 4) is 0 Å². The van der Waals surface area contributed by atoms with Crippen molar-refractivity contribution >= 4 is 5.95 Å². The first-order chi connectivity index (χ1) is 5.86. The third-order valence-electron chi connectivity index (χ3n) is 2.11. The normalized spacial score (nSPS) is 16.9. The van der Waals surface area contributed by atoms with Crippen LogP contribution in [-0.2, 0) is 7.05 Å². The molecule has 0 amide bonds. The highest BCUT2D eigenvalue weighted by atomic mass is 15.4. The second kappa shape index (κ2) is 3.05. The molecule has 0 aromatic carbocycles. The summed E-state index contributed by atoms with van der Waals surface area (Å²) >= 11 is 0. The molecule has 1 aliphatic rings. The van der Waals surface area contributed by atoms with E-state index >= 15 is 0 Å². The van der Waals surface area contributed by atoms with E-state index in [2.05, 4.69) is 15.0 Å². The Balaban J connectivity index is 2.21. The van der Waals surface area contributed by atoms with E-state index in [0.717, 1.165) is 19.0 Å². The Hall–Kier alpha value is -1.19. The molecule has 64 valence electrons. The van der Waals surface area contributed by atoms with Crippen LogP contribution in [0.1, 0.15) is 12.8 Å². The molecule has 0 aliphatic carbocycles. The molecule has 0 saturated carbocycles. The molecule has 0 spiro atoms. The minimum Gasteiger partial charge on any atom is -0.336 e. The van der Waals surface area contributed by atoms with Crippen LogP contribution in [-0.4, -0.2) is 23.2 Å². The molecule has 0 bridgehead atoms. The van der Waals surface area contributed by atoms with Gasteiger partial charge in [-0.25, -0.2) is 4.98 Å². The van der Waals surface area contributed by atoms with Gasteiger partial charge < -0.3 is 4.90 Å². The van der Waals surface area contributed by atoms with E-state index in [-0.39, 0.29) is 0 Å². The Kier molecular flexibility index (Phi) is 1.89. The number of rotatable bonds is 1. The predicted octanol–water partition coefficient (Wildman–Crippen LogP) is -0.0987. The smallest absolute Gasteiger partial charge is 0.291 e. The molecule has 1 aromatic heterocycles. The van der Waals surface area contributed by atoms with Crippen LogP contribution in [0.5, 0.6) is 0 Å². The molecule has 0 unspecified atom stereocenters. The van der Waals surface area contributed by atoms with E-state index in [9.17, 15) is 0 Å². The second-order valence-corrected chi connectivity index (χ2v) is 3.10. The van der Waals surface area contributed by atoms with Crippen LogP contribution in [0.3, 0.4) is 0 Å². The molecule has 1 saturated heterocycles. The Morgan fingerprint density at radius 1 is 1.42 bits per heavy atom. The van der Waals surface area contributed by atoms with Crippen molar-refractivity contribution in [2.45, 2.75) is 12.8 Å². The van der Waals surface area contributed by atoms with E-state index < -0.39 is 0 Å². The molecule has 1 aliphatic heterocycles. The predicted molar refractivity (Wildman–Crippen MR) is 44.7 cm³/mol. The Bertz CT molecular complexity index is 268. The Morgan fingerprint density at radius 3 is 2.83 bits per heavy atom. The molecule has 2 rings (SSSR count). The number of aryl methyl sites for hydroxylation is 1. The summed E-state index contributed by atoms with van der Waals surface area (Å²) in [4.78, 5) is 6.44. The van der Waals surface area contributed by atoms with Gasteiger partial charge in [0.15, 0.2) is 7.05 Å². The first-order valence-electron chi connectivity index (χ1n) is 4.30. The molecule has 0 atom stereocenters. The van der Waals surface area contributed by atoms with Crippen molar-refractivity contribution in [2.75, 3.05) is 18.0 Å². The fraction of sp³-hybridized carbons (Fsp3) is 0.625. The van der Waals surface area contributed by atoms with Crippen molar-refractivity contribution in [2.24, 2.45) is 7.05 Å². The van der Waals surface area contributed by atoms with Gasteiger partial charge in [-0.1, -0.05) is 4.68 Å². The first-order valence-corrected chi connectivity index (χ1v) is 4.30. The van der Waals surface area contributed by atoms with Crippen LogP contribution in [0.25, 0.3) is 0 Å². The summed E-state index contributed by atoms with van der Waals surface area (Å²) in [5.41, 5.74) is 0. The van der Waals surface area contributed by atoms with Crippen molar-refractivity contribution in [3.05, 3.63) is 12.4 Å². The fourth-order valence-corrected chi connectivity index (χ4v) is 1.46. The number of aromatic nitrogens is 3. The summed E-state index contributed by atoms with van der Waals surface area (Å²) in [5, 5.41) is 4.29. The van der Waals surface area contributed by atoms with Gasteiger partial charge in [0.1, 0.15) is 0 Å². The van der Waals surface area contributed by atoms with Gasteiger partial charge >= 0.3 is 0 Å². The van der Waals surface area contributed by atoms with Crippen molar-refractivity contribution in [3.63, 3.8) is 0 Å². The topological polar surface area (TPSA) is 32.9 Å². The largest absolute Gasteiger partial charge is 0.336 e. The highest BCUT2D eigenvalue weighted by Crippen LogP contribution is 2.12. The van der Waals surface area contributed by atoms with E-state index in [1.54, 1.807) is 10.9 Å². The lowest BCUT2D eigenvalue weighted by Crippen LogP contribution is -2.35. The number of nitrogens with zero attached hydrogens (tertiary/aromatic N) is 4. The van der Waals surface area contributed by atoms with E-state index in [0.29, 0.717) is 0 Å². The van der Waals surface area contributed by atoms with Gasteiger partial charge in [-0.2, -0.15) is 0 Å².